The molecule has 0 saturated carbocycles. The van der Waals surface area contributed by atoms with Gasteiger partial charge in [0.2, 0.25) is 0 Å². The van der Waals surface area contributed by atoms with E-state index in [1.54, 1.807) is 4.90 Å². The number of halogens is 1. The second-order valence-corrected chi connectivity index (χ2v) is 5.92. The topological polar surface area (TPSA) is 32.8 Å². The van der Waals surface area contributed by atoms with Crippen LogP contribution in [0.4, 0.5) is 9.18 Å². The van der Waals surface area contributed by atoms with Crippen LogP contribution in [-0.2, 0) is 4.74 Å². The molecule has 1 atom stereocenters. The molecule has 1 amide bonds. The van der Waals surface area contributed by atoms with Crippen LogP contribution in [0, 0.1) is 0 Å². The largest absolute Gasteiger partial charge is 0.444 e. The van der Waals surface area contributed by atoms with Gasteiger partial charge in [-0.15, -0.1) is 0 Å². The van der Waals surface area contributed by atoms with Crippen LogP contribution in [0.5, 0.6) is 0 Å². The molecular weight excluding hydrogens is 223 g/mol. The fourth-order valence-corrected chi connectivity index (χ4v) is 2.24. The number of amides is 1. The minimum atomic E-state index is -0.689. The molecule has 0 unspecified atom stereocenters. The lowest BCUT2D eigenvalue weighted by atomic mass is 10.1. The third-order valence-electron chi connectivity index (χ3n) is 3.19. The predicted molar refractivity (Wildman–Crippen MR) is 62.7 cm³/mol. The summed E-state index contributed by atoms with van der Waals surface area (Å²) >= 11 is 0. The molecule has 2 fully saturated rings. The average Bonchev–Trinajstić information content (AvgIpc) is 2.45. The van der Waals surface area contributed by atoms with Gasteiger partial charge < -0.3 is 9.64 Å². The van der Waals surface area contributed by atoms with Gasteiger partial charge in [0.25, 0.3) is 0 Å². The number of carbonyl (C=O) groups excluding carboxylic acids is 1. The van der Waals surface area contributed by atoms with Crippen molar-refractivity contribution in [1.29, 1.82) is 0 Å². The number of alkyl halides is 1. The molecule has 0 aromatic rings. The van der Waals surface area contributed by atoms with Gasteiger partial charge in [0.05, 0.1) is 0 Å². The van der Waals surface area contributed by atoms with Gasteiger partial charge in [-0.1, -0.05) is 0 Å². The van der Waals surface area contributed by atoms with Gasteiger partial charge in [0.1, 0.15) is 11.8 Å². The van der Waals surface area contributed by atoms with E-state index in [-0.39, 0.29) is 6.09 Å². The molecule has 0 aromatic carbocycles. The van der Waals surface area contributed by atoms with Crippen molar-refractivity contribution in [3.05, 3.63) is 0 Å². The first-order valence-electron chi connectivity index (χ1n) is 6.21. The van der Waals surface area contributed by atoms with Crippen molar-refractivity contribution in [1.82, 2.24) is 9.80 Å². The Morgan fingerprint density at radius 1 is 1.29 bits per heavy atom. The lowest BCUT2D eigenvalue weighted by Crippen LogP contribution is -2.61. The molecule has 0 N–H and O–H groups in total. The minimum absolute atomic E-state index is 0.259. The van der Waals surface area contributed by atoms with E-state index in [0.717, 1.165) is 6.54 Å². The maximum Gasteiger partial charge on any atom is 0.410 e. The Kier molecular flexibility index (Phi) is 3.30. The molecule has 0 bridgehead atoms. The molecule has 2 saturated heterocycles. The van der Waals surface area contributed by atoms with E-state index in [1.807, 2.05) is 20.8 Å². The Hall–Kier alpha value is -0.840. The first-order valence-corrected chi connectivity index (χ1v) is 6.21. The molecule has 0 spiro atoms. The molecular formula is C12H21FN2O2. The Bertz CT molecular complexity index is 297. The molecule has 2 aliphatic heterocycles. The van der Waals surface area contributed by atoms with Crippen molar-refractivity contribution in [3.63, 3.8) is 0 Å². The third-order valence-corrected chi connectivity index (χ3v) is 3.19. The van der Waals surface area contributed by atoms with Crippen LogP contribution in [0.15, 0.2) is 0 Å². The molecule has 0 radical (unpaired) electrons. The highest BCUT2D eigenvalue weighted by Crippen LogP contribution is 2.23. The number of carbonyl (C=O) groups is 1. The lowest BCUT2D eigenvalue weighted by Gasteiger charge is -2.43. The van der Waals surface area contributed by atoms with E-state index in [2.05, 4.69) is 4.90 Å². The van der Waals surface area contributed by atoms with Crippen LogP contribution in [0.2, 0.25) is 0 Å². The maximum absolute atomic E-state index is 13.0. The Morgan fingerprint density at radius 2 is 1.94 bits per heavy atom. The Labute approximate surface area is 102 Å². The monoisotopic (exact) mass is 244 g/mol. The van der Waals surface area contributed by atoms with E-state index in [4.69, 9.17) is 4.74 Å². The zero-order chi connectivity index (χ0) is 12.6. The summed E-state index contributed by atoms with van der Waals surface area (Å²) in [7, 11) is 0. The minimum Gasteiger partial charge on any atom is -0.444 e. The summed E-state index contributed by atoms with van der Waals surface area (Å²) in [6, 6.07) is 0.322. The Balaban J connectivity index is 1.73. The molecule has 4 nitrogen and oxygen atoms in total. The zero-order valence-electron chi connectivity index (χ0n) is 10.8. The van der Waals surface area contributed by atoms with E-state index in [0.29, 0.717) is 32.1 Å². The van der Waals surface area contributed by atoms with Gasteiger partial charge in [-0.05, 0) is 27.2 Å². The van der Waals surface area contributed by atoms with Gasteiger partial charge in [-0.25, -0.2) is 9.18 Å². The van der Waals surface area contributed by atoms with Crippen LogP contribution in [0.1, 0.15) is 27.2 Å². The van der Waals surface area contributed by atoms with Crippen LogP contribution in [-0.4, -0.2) is 59.9 Å². The highest BCUT2D eigenvalue weighted by atomic mass is 19.1. The van der Waals surface area contributed by atoms with Crippen molar-refractivity contribution < 1.29 is 13.9 Å². The summed E-state index contributed by atoms with van der Waals surface area (Å²) in [5, 5.41) is 0. The lowest BCUT2D eigenvalue weighted by molar-refractivity contribution is -0.0120. The first kappa shape index (κ1) is 12.6. The summed E-state index contributed by atoms with van der Waals surface area (Å²) in [6.45, 7) is 8.24. The van der Waals surface area contributed by atoms with Crippen molar-refractivity contribution in [2.75, 3.05) is 26.2 Å². The highest BCUT2D eigenvalue weighted by molar-refractivity contribution is 5.69. The number of rotatable bonds is 1. The fourth-order valence-electron chi connectivity index (χ4n) is 2.24. The first-order chi connectivity index (χ1) is 7.85. The van der Waals surface area contributed by atoms with E-state index in [9.17, 15) is 9.18 Å². The number of hydrogen-bond acceptors (Lipinski definition) is 3. The van der Waals surface area contributed by atoms with Crippen LogP contribution >= 0.6 is 0 Å². The van der Waals surface area contributed by atoms with Gasteiger partial charge in [-0.2, -0.15) is 0 Å². The Morgan fingerprint density at radius 3 is 2.41 bits per heavy atom. The molecule has 2 aliphatic rings. The van der Waals surface area contributed by atoms with E-state index < -0.39 is 11.8 Å². The van der Waals surface area contributed by atoms with Crippen LogP contribution in [0.25, 0.3) is 0 Å². The normalized spacial score (nSPS) is 27.1. The fraction of sp³-hybridized carbons (Fsp3) is 0.917. The summed E-state index contributed by atoms with van der Waals surface area (Å²) in [6.07, 6.45) is -0.321. The van der Waals surface area contributed by atoms with Gasteiger partial charge in [-0.3, -0.25) is 4.90 Å². The summed E-state index contributed by atoms with van der Waals surface area (Å²) in [4.78, 5) is 15.5. The van der Waals surface area contributed by atoms with Crippen molar-refractivity contribution in [2.24, 2.45) is 0 Å². The second kappa shape index (κ2) is 4.44. The van der Waals surface area contributed by atoms with Crippen molar-refractivity contribution in [3.8, 4) is 0 Å². The van der Waals surface area contributed by atoms with Crippen LogP contribution in [0.3, 0.4) is 0 Å². The number of hydrogen-bond donors (Lipinski definition) is 0. The van der Waals surface area contributed by atoms with Crippen molar-refractivity contribution >= 4 is 6.09 Å². The van der Waals surface area contributed by atoms with Gasteiger partial charge in [0.15, 0.2) is 0 Å². The molecule has 2 rings (SSSR count). The standard InChI is InChI=1S/C12H21FN2O2/c1-12(2,3)17-11(16)15-7-10(8-15)14-5-4-9(13)6-14/h9-10H,4-8H2,1-3H3/t9-/m1/s1. The smallest absolute Gasteiger partial charge is 0.410 e. The van der Waals surface area contributed by atoms with E-state index >= 15 is 0 Å². The zero-order valence-corrected chi connectivity index (χ0v) is 10.8. The SMILES string of the molecule is CC(C)(C)OC(=O)N1CC(N2CC[C@@H](F)C2)C1. The predicted octanol–water partition coefficient (Wildman–Crippen LogP) is 1.65. The number of ether oxygens (including phenoxy) is 1. The summed E-state index contributed by atoms with van der Waals surface area (Å²) in [5.74, 6) is 0. The van der Waals surface area contributed by atoms with Gasteiger partial charge in [0, 0.05) is 32.2 Å². The molecule has 0 aromatic heterocycles. The van der Waals surface area contributed by atoms with Crippen LogP contribution < -0.4 is 0 Å². The van der Waals surface area contributed by atoms with Gasteiger partial charge >= 0.3 is 6.09 Å². The molecule has 0 aliphatic carbocycles. The highest BCUT2D eigenvalue weighted by Gasteiger charge is 2.39. The number of nitrogens with zero attached hydrogens (tertiary/aromatic N) is 2. The average molecular weight is 244 g/mol. The quantitative estimate of drug-likeness (QED) is 0.703. The second-order valence-electron chi connectivity index (χ2n) is 5.92. The molecule has 2 heterocycles. The molecule has 98 valence electrons. The third kappa shape index (κ3) is 3.09. The van der Waals surface area contributed by atoms with E-state index in [1.165, 1.54) is 0 Å². The molecule has 17 heavy (non-hydrogen) atoms. The molecule has 5 heteroatoms. The summed E-state index contributed by atoms with van der Waals surface area (Å²) in [5.41, 5.74) is -0.445. The number of likely N-dealkylation sites (tertiary alicyclic amines) is 2. The maximum atomic E-state index is 13.0. The van der Waals surface area contributed by atoms with Crippen molar-refractivity contribution in [2.45, 2.75) is 45.0 Å². The summed E-state index contributed by atoms with van der Waals surface area (Å²) < 4.78 is 18.3.